The molecule has 4 aromatic rings. The molecule has 1 amide bonds. The molecule has 4 rings (SSSR count). The first-order valence-corrected chi connectivity index (χ1v) is 11.7. The van der Waals surface area contributed by atoms with Crippen LogP contribution < -0.4 is 10.9 Å². The number of carbonyl (C=O) groups excluding carboxylic acids is 1. The molecule has 0 saturated carbocycles. The summed E-state index contributed by atoms with van der Waals surface area (Å²) in [5.74, 6) is -0.247. The van der Waals surface area contributed by atoms with E-state index in [1.165, 1.54) is 10.6 Å². The normalized spacial score (nSPS) is 11.4. The van der Waals surface area contributed by atoms with Crippen LogP contribution in [0.3, 0.4) is 0 Å². The molecule has 1 N–H and O–H groups in total. The topological polar surface area (TPSA) is 111 Å². The van der Waals surface area contributed by atoms with E-state index in [9.17, 15) is 18.0 Å². The Hall–Kier alpha value is -3.85. The standard InChI is InChI=1S/C23H20N4O4S/c1-15-19-12-13-20(28)27(21(19)26-23(25-15)32(2,30)31)18-10-8-17(9-11-18)22(29)24-14-16-6-4-3-5-7-16/h3-13H,14H2,1-2H3,(H,24,29). The van der Waals surface area contributed by atoms with E-state index in [2.05, 4.69) is 15.3 Å². The second-order valence-electron chi connectivity index (χ2n) is 7.32. The van der Waals surface area contributed by atoms with Gasteiger partial charge in [-0.05, 0) is 42.8 Å². The number of pyridine rings is 1. The number of amides is 1. The molecular formula is C23H20N4O4S. The zero-order valence-corrected chi connectivity index (χ0v) is 18.3. The number of fused-ring (bicyclic) bond motifs is 1. The Labute approximate surface area is 184 Å². The molecule has 0 aliphatic carbocycles. The highest BCUT2D eigenvalue weighted by atomic mass is 32.2. The molecule has 0 unspecified atom stereocenters. The van der Waals surface area contributed by atoms with Gasteiger partial charge in [-0.3, -0.25) is 14.2 Å². The van der Waals surface area contributed by atoms with Crippen LogP contribution in [0.5, 0.6) is 0 Å². The number of hydrogen-bond acceptors (Lipinski definition) is 6. The zero-order chi connectivity index (χ0) is 22.9. The molecule has 0 radical (unpaired) electrons. The molecular weight excluding hydrogens is 428 g/mol. The minimum absolute atomic E-state index is 0.187. The van der Waals surface area contributed by atoms with Gasteiger partial charge in [-0.1, -0.05) is 30.3 Å². The maximum absolute atomic E-state index is 12.7. The number of nitrogens with one attached hydrogen (secondary N) is 1. The summed E-state index contributed by atoms with van der Waals surface area (Å²) in [7, 11) is -3.67. The highest BCUT2D eigenvalue weighted by Gasteiger charge is 2.17. The molecule has 32 heavy (non-hydrogen) atoms. The summed E-state index contributed by atoms with van der Waals surface area (Å²) in [4.78, 5) is 33.3. The second kappa shape index (κ2) is 8.35. The van der Waals surface area contributed by atoms with Crippen LogP contribution in [0.4, 0.5) is 0 Å². The number of nitrogens with zero attached hydrogens (tertiary/aromatic N) is 3. The van der Waals surface area contributed by atoms with Crippen molar-refractivity contribution in [1.82, 2.24) is 19.9 Å². The molecule has 0 atom stereocenters. The lowest BCUT2D eigenvalue weighted by atomic mass is 10.1. The highest BCUT2D eigenvalue weighted by molar-refractivity contribution is 7.90. The molecule has 0 aliphatic rings. The minimum atomic E-state index is -3.67. The molecule has 9 heteroatoms. The van der Waals surface area contributed by atoms with Gasteiger partial charge in [0.1, 0.15) is 0 Å². The first kappa shape index (κ1) is 21.4. The largest absolute Gasteiger partial charge is 0.348 e. The summed E-state index contributed by atoms with van der Waals surface area (Å²) in [5, 5.41) is 3.06. The van der Waals surface area contributed by atoms with Gasteiger partial charge in [-0.2, -0.15) is 4.98 Å². The highest BCUT2D eigenvalue weighted by Crippen LogP contribution is 2.19. The molecule has 8 nitrogen and oxygen atoms in total. The number of rotatable bonds is 5. The Balaban J connectivity index is 1.70. The molecule has 0 saturated heterocycles. The summed E-state index contributed by atoms with van der Waals surface area (Å²) >= 11 is 0. The van der Waals surface area contributed by atoms with E-state index >= 15 is 0 Å². The lowest BCUT2D eigenvalue weighted by Crippen LogP contribution is -2.23. The Bertz CT molecular complexity index is 1480. The van der Waals surface area contributed by atoms with Gasteiger partial charge < -0.3 is 5.32 Å². The van der Waals surface area contributed by atoms with Gasteiger partial charge in [-0.15, -0.1) is 0 Å². The van der Waals surface area contributed by atoms with Crippen LogP contribution >= 0.6 is 0 Å². The maximum Gasteiger partial charge on any atom is 0.256 e. The van der Waals surface area contributed by atoms with Crippen LogP contribution in [-0.4, -0.2) is 35.1 Å². The van der Waals surface area contributed by atoms with E-state index in [0.717, 1.165) is 11.8 Å². The Morgan fingerprint density at radius 3 is 2.31 bits per heavy atom. The molecule has 162 valence electrons. The van der Waals surface area contributed by atoms with Gasteiger partial charge in [0.15, 0.2) is 5.65 Å². The van der Waals surface area contributed by atoms with Crippen molar-refractivity contribution in [2.75, 3.05) is 6.26 Å². The molecule has 0 spiro atoms. The number of aryl methyl sites for hydroxylation is 1. The van der Waals surface area contributed by atoms with Crippen molar-refractivity contribution < 1.29 is 13.2 Å². The van der Waals surface area contributed by atoms with Crippen molar-refractivity contribution in [3.8, 4) is 5.69 Å². The average molecular weight is 449 g/mol. The fraction of sp³-hybridized carbons (Fsp3) is 0.130. The van der Waals surface area contributed by atoms with Crippen LogP contribution in [-0.2, 0) is 16.4 Å². The van der Waals surface area contributed by atoms with Crippen molar-refractivity contribution in [3.63, 3.8) is 0 Å². The van der Waals surface area contributed by atoms with Gasteiger partial charge in [-0.25, -0.2) is 13.4 Å². The fourth-order valence-corrected chi connectivity index (χ4v) is 3.85. The predicted octanol–water partition coefficient (Wildman–Crippen LogP) is 2.42. The van der Waals surface area contributed by atoms with E-state index in [4.69, 9.17) is 0 Å². The van der Waals surface area contributed by atoms with Gasteiger partial charge in [0, 0.05) is 29.8 Å². The number of aromatic nitrogens is 3. The summed E-state index contributed by atoms with van der Waals surface area (Å²) in [6, 6.07) is 18.9. The number of benzene rings is 2. The smallest absolute Gasteiger partial charge is 0.256 e. The molecule has 0 aliphatic heterocycles. The van der Waals surface area contributed by atoms with Crippen LogP contribution in [0, 0.1) is 6.92 Å². The van der Waals surface area contributed by atoms with Gasteiger partial charge in [0.2, 0.25) is 15.0 Å². The van der Waals surface area contributed by atoms with E-state index in [1.54, 1.807) is 37.3 Å². The third-order valence-corrected chi connectivity index (χ3v) is 5.78. The Morgan fingerprint density at radius 1 is 0.969 bits per heavy atom. The summed E-state index contributed by atoms with van der Waals surface area (Å²) in [5.41, 5.74) is 2.12. The van der Waals surface area contributed by atoms with Crippen LogP contribution in [0.1, 0.15) is 21.6 Å². The third-order valence-electron chi connectivity index (χ3n) is 4.94. The van der Waals surface area contributed by atoms with Gasteiger partial charge >= 0.3 is 0 Å². The molecule has 2 heterocycles. The van der Waals surface area contributed by atoms with E-state index in [-0.39, 0.29) is 22.3 Å². The molecule has 2 aromatic heterocycles. The van der Waals surface area contributed by atoms with Crippen LogP contribution in [0.15, 0.2) is 76.7 Å². The second-order valence-corrected chi connectivity index (χ2v) is 9.23. The van der Waals surface area contributed by atoms with Gasteiger partial charge in [0.05, 0.1) is 11.4 Å². The Morgan fingerprint density at radius 2 is 1.66 bits per heavy atom. The van der Waals surface area contributed by atoms with Crippen molar-refractivity contribution in [3.05, 3.63) is 93.9 Å². The number of carbonyl (C=O) groups is 1. The number of hydrogen-bond donors (Lipinski definition) is 1. The SMILES string of the molecule is Cc1nc(S(C)(=O)=O)nc2c1ccc(=O)n2-c1ccc(C(=O)NCc2ccccc2)cc1. The van der Waals surface area contributed by atoms with Crippen molar-refractivity contribution in [2.24, 2.45) is 0 Å². The molecule has 0 fully saturated rings. The van der Waals surface area contributed by atoms with Crippen molar-refractivity contribution >= 4 is 26.8 Å². The Kier molecular flexibility index (Phi) is 5.58. The fourth-order valence-electron chi connectivity index (χ4n) is 3.30. The predicted molar refractivity (Wildman–Crippen MR) is 121 cm³/mol. The van der Waals surface area contributed by atoms with Crippen LogP contribution in [0.2, 0.25) is 0 Å². The lowest BCUT2D eigenvalue weighted by molar-refractivity contribution is 0.0951. The monoisotopic (exact) mass is 448 g/mol. The first-order chi connectivity index (χ1) is 15.2. The van der Waals surface area contributed by atoms with Gasteiger partial charge in [0.25, 0.3) is 11.5 Å². The average Bonchev–Trinajstić information content (AvgIpc) is 2.77. The third kappa shape index (κ3) is 4.28. The van der Waals surface area contributed by atoms with E-state index < -0.39 is 9.84 Å². The number of sulfone groups is 1. The van der Waals surface area contributed by atoms with Crippen molar-refractivity contribution in [2.45, 2.75) is 18.6 Å². The van der Waals surface area contributed by atoms with E-state index in [1.807, 2.05) is 30.3 Å². The maximum atomic E-state index is 12.7. The zero-order valence-electron chi connectivity index (χ0n) is 17.4. The first-order valence-electron chi connectivity index (χ1n) is 9.77. The minimum Gasteiger partial charge on any atom is -0.348 e. The summed E-state index contributed by atoms with van der Waals surface area (Å²) < 4.78 is 25.3. The molecule has 0 bridgehead atoms. The molecule has 2 aromatic carbocycles. The lowest BCUT2D eigenvalue weighted by Gasteiger charge is -2.12. The quantitative estimate of drug-likeness (QED) is 0.470. The van der Waals surface area contributed by atoms with Crippen molar-refractivity contribution in [1.29, 1.82) is 0 Å². The summed E-state index contributed by atoms with van der Waals surface area (Å²) in [6.45, 7) is 2.06. The van der Waals surface area contributed by atoms with E-state index in [0.29, 0.717) is 28.9 Å². The van der Waals surface area contributed by atoms with Crippen LogP contribution in [0.25, 0.3) is 16.7 Å². The summed E-state index contributed by atoms with van der Waals surface area (Å²) in [6.07, 6.45) is 1.02.